The number of rotatable bonds is 3. The highest BCUT2D eigenvalue weighted by molar-refractivity contribution is 6.30. The van der Waals surface area contributed by atoms with Crippen LogP contribution < -0.4 is 4.74 Å². The number of hydrogen-bond acceptors (Lipinski definition) is 2. The average molecular weight is 282 g/mol. The molecule has 0 N–H and O–H groups in total. The summed E-state index contributed by atoms with van der Waals surface area (Å²) in [6, 6.07) is 7.69. The van der Waals surface area contributed by atoms with Crippen LogP contribution in [0.1, 0.15) is 33.1 Å². The zero-order chi connectivity index (χ0) is 13.8. The predicted molar refractivity (Wildman–Crippen MR) is 76.6 cm³/mol. The molecule has 0 saturated carbocycles. The third-order valence-electron chi connectivity index (χ3n) is 3.66. The largest absolute Gasteiger partial charge is 0.484 e. The SMILES string of the molecule is CC1CCCC(C)N1C(=O)COc1ccc(Cl)cc1. The van der Waals surface area contributed by atoms with E-state index < -0.39 is 0 Å². The number of carbonyl (C=O) groups excluding carboxylic acids is 1. The number of likely N-dealkylation sites (tertiary alicyclic amines) is 1. The highest BCUT2D eigenvalue weighted by Crippen LogP contribution is 2.23. The zero-order valence-electron chi connectivity index (χ0n) is 11.4. The Labute approximate surface area is 119 Å². The maximum atomic E-state index is 12.2. The minimum absolute atomic E-state index is 0.0645. The van der Waals surface area contributed by atoms with Gasteiger partial charge in [0.2, 0.25) is 0 Å². The summed E-state index contributed by atoms with van der Waals surface area (Å²) in [7, 11) is 0. The molecule has 4 heteroatoms. The van der Waals surface area contributed by atoms with Crippen LogP contribution in [0.4, 0.5) is 0 Å². The van der Waals surface area contributed by atoms with E-state index in [1.807, 2.05) is 4.90 Å². The maximum Gasteiger partial charge on any atom is 0.260 e. The predicted octanol–water partition coefficient (Wildman–Crippen LogP) is 3.51. The first-order valence-corrected chi connectivity index (χ1v) is 7.15. The van der Waals surface area contributed by atoms with Crippen molar-refractivity contribution in [1.82, 2.24) is 4.90 Å². The molecule has 0 bridgehead atoms. The first-order valence-electron chi connectivity index (χ1n) is 6.77. The third-order valence-corrected chi connectivity index (χ3v) is 3.91. The van der Waals surface area contributed by atoms with Crippen LogP contribution in [0.25, 0.3) is 0 Å². The van der Waals surface area contributed by atoms with E-state index in [0.717, 1.165) is 12.8 Å². The van der Waals surface area contributed by atoms with Gasteiger partial charge in [0.05, 0.1) is 0 Å². The molecular weight excluding hydrogens is 262 g/mol. The Bertz CT molecular complexity index is 422. The summed E-state index contributed by atoms with van der Waals surface area (Å²) in [4.78, 5) is 14.2. The van der Waals surface area contributed by atoms with Gasteiger partial charge >= 0.3 is 0 Å². The third kappa shape index (κ3) is 3.63. The second-order valence-corrected chi connectivity index (χ2v) is 5.61. The number of amides is 1. The van der Waals surface area contributed by atoms with Crippen molar-refractivity contribution in [2.24, 2.45) is 0 Å². The molecule has 1 heterocycles. The first-order chi connectivity index (χ1) is 9.08. The second kappa shape index (κ2) is 6.29. The number of benzene rings is 1. The fourth-order valence-corrected chi connectivity index (χ4v) is 2.79. The van der Waals surface area contributed by atoms with E-state index in [1.54, 1.807) is 24.3 Å². The number of carbonyl (C=O) groups is 1. The molecule has 0 spiro atoms. The number of piperidine rings is 1. The molecule has 1 amide bonds. The van der Waals surface area contributed by atoms with Crippen molar-refractivity contribution in [3.8, 4) is 5.75 Å². The minimum Gasteiger partial charge on any atom is -0.484 e. The number of halogens is 1. The Morgan fingerprint density at radius 3 is 2.42 bits per heavy atom. The fourth-order valence-electron chi connectivity index (χ4n) is 2.66. The van der Waals surface area contributed by atoms with Crippen LogP contribution in [-0.4, -0.2) is 29.5 Å². The van der Waals surface area contributed by atoms with E-state index in [0.29, 0.717) is 22.9 Å². The highest BCUT2D eigenvalue weighted by atomic mass is 35.5. The molecule has 2 unspecified atom stereocenters. The van der Waals surface area contributed by atoms with E-state index >= 15 is 0 Å². The smallest absolute Gasteiger partial charge is 0.260 e. The Morgan fingerprint density at radius 2 is 1.84 bits per heavy atom. The highest BCUT2D eigenvalue weighted by Gasteiger charge is 2.28. The van der Waals surface area contributed by atoms with Crippen molar-refractivity contribution in [2.45, 2.75) is 45.2 Å². The molecule has 2 atom stereocenters. The molecule has 0 aromatic heterocycles. The van der Waals surface area contributed by atoms with Crippen LogP contribution >= 0.6 is 11.6 Å². The molecule has 0 radical (unpaired) electrons. The van der Waals surface area contributed by atoms with Gasteiger partial charge in [0.1, 0.15) is 5.75 Å². The molecule has 1 fully saturated rings. The van der Waals surface area contributed by atoms with Gasteiger partial charge < -0.3 is 9.64 Å². The summed E-state index contributed by atoms with van der Waals surface area (Å²) >= 11 is 5.80. The van der Waals surface area contributed by atoms with Crippen molar-refractivity contribution < 1.29 is 9.53 Å². The lowest BCUT2D eigenvalue weighted by atomic mass is 9.97. The molecule has 1 aliphatic heterocycles. The van der Waals surface area contributed by atoms with Gasteiger partial charge in [-0.1, -0.05) is 11.6 Å². The number of hydrogen-bond donors (Lipinski definition) is 0. The van der Waals surface area contributed by atoms with Crippen molar-refractivity contribution in [2.75, 3.05) is 6.61 Å². The molecule has 104 valence electrons. The minimum atomic E-state index is 0.0645. The lowest BCUT2D eigenvalue weighted by Crippen LogP contribution is -2.49. The average Bonchev–Trinajstić information content (AvgIpc) is 2.38. The monoisotopic (exact) mass is 281 g/mol. The van der Waals surface area contributed by atoms with E-state index in [-0.39, 0.29) is 12.5 Å². The lowest BCUT2D eigenvalue weighted by Gasteiger charge is -2.38. The van der Waals surface area contributed by atoms with E-state index in [9.17, 15) is 4.79 Å². The Hall–Kier alpha value is -1.22. The summed E-state index contributed by atoms with van der Waals surface area (Å²) in [6.45, 7) is 4.31. The molecule has 1 aromatic rings. The first kappa shape index (κ1) is 14.2. The standard InChI is InChI=1S/C15H20ClNO2/c1-11-4-3-5-12(2)17(11)15(18)10-19-14-8-6-13(16)7-9-14/h6-9,11-12H,3-5,10H2,1-2H3. The zero-order valence-corrected chi connectivity index (χ0v) is 12.2. The number of ether oxygens (including phenoxy) is 1. The van der Waals surface area contributed by atoms with Crippen LogP contribution in [0.15, 0.2) is 24.3 Å². The molecule has 1 aliphatic rings. The molecule has 19 heavy (non-hydrogen) atoms. The van der Waals surface area contributed by atoms with Gasteiger partial charge in [0.15, 0.2) is 6.61 Å². The summed E-state index contributed by atoms with van der Waals surface area (Å²) in [5.74, 6) is 0.740. The van der Waals surface area contributed by atoms with Crippen LogP contribution in [0.2, 0.25) is 5.02 Å². The van der Waals surface area contributed by atoms with E-state index in [1.165, 1.54) is 6.42 Å². The van der Waals surface area contributed by atoms with Gasteiger partial charge in [-0.25, -0.2) is 0 Å². The lowest BCUT2D eigenvalue weighted by molar-refractivity contribution is -0.139. The van der Waals surface area contributed by atoms with Crippen molar-refractivity contribution in [3.63, 3.8) is 0 Å². The Morgan fingerprint density at radius 1 is 1.26 bits per heavy atom. The second-order valence-electron chi connectivity index (χ2n) is 5.17. The fraction of sp³-hybridized carbons (Fsp3) is 0.533. The summed E-state index contributed by atoms with van der Waals surface area (Å²) in [5.41, 5.74) is 0. The molecule has 2 rings (SSSR count). The van der Waals surface area contributed by atoms with E-state index in [2.05, 4.69) is 13.8 Å². The quantitative estimate of drug-likeness (QED) is 0.848. The van der Waals surface area contributed by atoms with Crippen LogP contribution in [0, 0.1) is 0 Å². The van der Waals surface area contributed by atoms with Gasteiger partial charge in [0, 0.05) is 17.1 Å². The summed E-state index contributed by atoms with van der Waals surface area (Å²) in [6.07, 6.45) is 3.36. The van der Waals surface area contributed by atoms with Gasteiger partial charge in [-0.05, 0) is 57.4 Å². The molecular formula is C15H20ClNO2. The van der Waals surface area contributed by atoms with Crippen LogP contribution in [0.5, 0.6) is 5.75 Å². The van der Waals surface area contributed by atoms with Gasteiger partial charge in [-0.15, -0.1) is 0 Å². The maximum absolute atomic E-state index is 12.2. The van der Waals surface area contributed by atoms with Crippen molar-refractivity contribution in [3.05, 3.63) is 29.3 Å². The van der Waals surface area contributed by atoms with Gasteiger partial charge in [-0.3, -0.25) is 4.79 Å². The molecule has 1 saturated heterocycles. The normalized spacial score (nSPS) is 23.2. The van der Waals surface area contributed by atoms with Crippen molar-refractivity contribution in [1.29, 1.82) is 0 Å². The Kier molecular flexibility index (Phi) is 4.70. The van der Waals surface area contributed by atoms with Crippen LogP contribution in [0.3, 0.4) is 0 Å². The molecule has 3 nitrogen and oxygen atoms in total. The van der Waals surface area contributed by atoms with Crippen LogP contribution in [-0.2, 0) is 4.79 Å². The Balaban J connectivity index is 1.91. The van der Waals surface area contributed by atoms with Crippen molar-refractivity contribution >= 4 is 17.5 Å². The molecule has 0 aliphatic carbocycles. The van der Waals surface area contributed by atoms with Gasteiger partial charge in [-0.2, -0.15) is 0 Å². The molecule has 1 aromatic carbocycles. The van der Waals surface area contributed by atoms with Gasteiger partial charge in [0.25, 0.3) is 5.91 Å². The topological polar surface area (TPSA) is 29.5 Å². The van der Waals surface area contributed by atoms with E-state index in [4.69, 9.17) is 16.3 Å². The summed E-state index contributed by atoms with van der Waals surface area (Å²) < 4.78 is 5.52. The summed E-state index contributed by atoms with van der Waals surface area (Å²) in [5, 5.41) is 0.664. The number of nitrogens with zero attached hydrogens (tertiary/aromatic N) is 1.